The first-order valence-corrected chi connectivity index (χ1v) is 4.24. The summed E-state index contributed by atoms with van der Waals surface area (Å²) >= 11 is 0. The lowest BCUT2D eigenvalue weighted by molar-refractivity contribution is 0.535. The van der Waals surface area contributed by atoms with Gasteiger partial charge >= 0.3 is 0 Å². The summed E-state index contributed by atoms with van der Waals surface area (Å²) in [4.78, 5) is 0. The van der Waals surface area contributed by atoms with Gasteiger partial charge in [0.25, 0.3) is 0 Å². The molecule has 4 nitrogen and oxygen atoms in total. The Bertz CT molecular complexity index is 297. The van der Waals surface area contributed by atoms with Gasteiger partial charge in [0, 0.05) is 26.1 Å². The highest BCUT2D eigenvalue weighted by molar-refractivity contribution is 4.94. The third-order valence-electron chi connectivity index (χ3n) is 1.86. The van der Waals surface area contributed by atoms with Gasteiger partial charge in [0.05, 0.1) is 11.9 Å². The van der Waals surface area contributed by atoms with E-state index in [0.29, 0.717) is 6.04 Å². The molecule has 1 aromatic rings. The molecule has 0 aliphatic rings. The van der Waals surface area contributed by atoms with Crippen LogP contribution in [-0.2, 0) is 13.6 Å². The number of hydrogen-bond acceptors (Lipinski definition) is 3. The molecular formula is C9H14N4. The third kappa shape index (κ3) is 2.88. The molecular weight excluding hydrogens is 164 g/mol. The predicted octanol–water partition coefficient (Wildman–Crippen LogP) is 0.316. The molecule has 1 N–H and O–H groups in total. The van der Waals surface area contributed by atoms with Gasteiger partial charge in [-0.05, 0) is 6.92 Å². The molecule has 0 aliphatic carbocycles. The van der Waals surface area contributed by atoms with Gasteiger partial charge in [0.1, 0.15) is 0 Å². The molecule has 0 aromatic carbocycles. The van der Waals surface area contributed by atoms with Crippen LogP contribution in [-0.4, -0.2) is 21.0 Å². The third-order valence-corrected chi connectivity index (χ3v) is 1.86. The van der Waals surface area contributed by atoms with Crippen LogP contribution in [0.3, 0.4) is 0 Å². The van der Waals surface area contributed by atoms with E-state index in [-0.39, 0.29) is 0 Å². The maximum absolute atomic E-state index is 5.19. The van der Waals surface area contributed by atoms with E-state index in [0.717, 1.165) is 18.7 Å². The molecule has 1 aromatic heterocycles. The Labute approximate surface area is 78.3 Å². The first-order chi connectivity index (χ1) is 6.24. The lowest BCUT2D eigenvalue weighted by Gasteiger charge is -2.09. The number of hydrogen-bond donors (Lipinski definition) is 1. The summed E-state index contributed by atoms with van der Waals surface area (Å²) in [6.07, 6.45) is 7.68. The first kappa shape index (κ1) is 9.75. The Morgan fingerprint density at radius 3 is 3.08 bits per heavy atom. The van der Waals surface area contributed by atoms with Crippen molar-refractivity contribution < 1.29 is 0 Å². The summed E-state index contributed by atoms with van der Waals surface area (Å²) < 4.78 is 1.75. The second-order valence-electron chi connectivity index (χ2n) is 3.04. The lowest BCUT2D eigenvalue weighted by atomic mass is 10.2. The van der Waals surface area contributed by atoms with Crippen LogP contribution in [0.15, 0.2) is 6.20 Å². The van der Waals surface area contributed by atoms with Gasteiger partial charge in [0.15, 0.2) is 0 Å². The Balaban J connectivity index is 2.36. The molecule has 1 heterocycles. The predicted molar refractivity (Wildman–Crippen MR) is 50.8 cm³/mol. The molecule has 0 saturated carbocycles. The van der Waals surface area contributed by atoms with E-state index in [9.17, 15) is 0 Å². The highest BCUT2D eigenvalue weighted by Gasteiger charge is 2.02. The minimum atomic E-state index is 0.333. The summed E-state index contributed by atoms with van der Waals surface area (Å²) in [7, 11) is 1.87. The van der Waals surface area contributed by atoms with Crippen molar-refractivity contribution in [1.29, 1.82) is 0 Å². The number of nitrogens with zero attached hydrogens (tertiary/aromatic N) is 3. The molecule has 1 unspecified atom stereocenters. The minimum Gasteiger partial charge on any atom is -0.308 e. The van der Waals surface area contributed by atoms with E-state index in [2.05, 4.69) is 28.5 Å². The minimum absolute atomic E-state index is 0.333. The van der Waals surface area contributed by atoms with Gasteiger partial charge in [-0.15, -0.1) is 17.4 Å². The molecule has 1 atom stereocenters. The van der Waals surface area contributed by atoms with Gasteiger partial charge in [0.2, 0.25) is 0 Å². The molecule has 4 heteroatoms. The highest BCUT2D eigenvalue weighted by Crippen LogP contribution is 1.95. The average Bonchev–Trinajstić information content (AvgIpc) is 2.48. The topological polar surface area (TPSA) is 42.7 Å². The van der Waals surface area contributed by atoms with Crippen LogP contribution in [0.25, 0.3) is 0 Å². The van der Waals surface area contributed by atoms with Crippen LogP contribution in [0.5, 0.6) is 0 Å². The summed E-state index contributed by atoms with van der Waals surface area (Å²) in [5.74, 6) is 2.61. The first-order valence-electron chi connectivity index (χ1n) is 4.24. The average molecular weight is 178 g/mol. The van der Waals surface area contributed by atoms with E-state index < -0.39 is 0 Å². The normalized spacial score (nSPS) is 12.4. The lowest BCUT2D eigenvalue weighted by Crippen LogP contribution is -2.25. The molecule has 0 bridgehead atoms. The zero-order valence-corrected chi connectivity index (χ0v) is 7.99. The van der Waals surface area contributed by atoms with Gasteiger partial charge in [-0.1, -0.05) is 5.21 Å². The molecule has 0 amide bonds. The fourth-order valence-electron chi connectivity index (χ4n) is 0.999. The van der Waals surface area contributed by atoms with Crippen molar-refractivity contribution in [3.8, 4) is 12.3 Å². The van der Waals surface area contributed by atoms with Gasteiger partial charge in [-0.2, -0.15) is 0 Å². The van der Waals surface area contributed by atoms with E-state index in [1.165, 1.54) is 0 Å². The molecule has 13 heavy (non-hydrogen) atoms. The van der Waals surface area contributed by atoms with Crippen LogP contribution >= 0.6 is 0 Å². The molecule has 1 rings (SSSR count). The van der Waals surface area contributed by atoms with Crippen molar-refractivity contribution in [2.24, 2.45) is 7.05 Å². The highest BCUT2D eigenvalue weighted by atomic mass is 15.4. The van der Waals surface area contributed by atoms with E-state index in [1.807, 2.05) is 7.05 Å². The number of aromatic nitrogens is 3. The largest absolute Gasteiger partial charge is 0.308 e. The van der Waals surface area contributed by atoms with Crippen LogP contribution in [0.1, 0.15) is 19.0 Å². The fraction of sp³-hybridized carbons (Fsp3) is 0.556. The van der Waals surface area contributed by atoms with Crippen LogP contribution in [0.2, 0.25) is 0 Å². The number of nitrogens with one attached hydrogen (secondary N) is 1. The standard InChI is InChI=1S/C9H14N4/c1-4-5-8(2)10-6-9-7-11-12-13(9)3/h1,7-8,10H,5-6H2,2-3H3. The maximum Gasteiger partial charge on any atom is 0.0738 e. The summed E-state index contributed by atoms with van der Waals surface area (Å²) in [6.45, 7) is 2.82. The molecule has 70 valence electrons. The monoisotopic (exact) mass is 178 g/mol. The molecule has 0 saturated heterocycles. The maximum atomic E-state index is 5.19. The fourth-order valence-corrected chi connectivity index (χ4v) is 0.999. The van der Waals surface area contributed by atoms with Gasteiger partial charge in [-0.25, -0.2) is 0 Å². The quantitative estimate of drug-likeness (QED) is 0.675. The number of terminal acetylenes is 1. The van der Waals surface area contributed by atoms with E-state index >= 15 is 0 Å². The van der Waals surface area contributed by atoms with Crippen molar-refractivity contribution in [3.63, 3.8) is 0 Å². The van der Waals surface area contributed by atoms with Crippen molar-refractivity contribution >= 4 is 0 Å². The number of aryl methyl sites for hydroxylation is 1. The summed E-state index contributed by atoms with van der Waals surface area (Å²) in [5.41, 5.74) is 1.06. The molecule has 0 aliphatic heterocycles. The van der Waals surface area contributed by atoms with Crippen LogP contribution in [0, 0.1) is 12.3 Å². The van der Waals surface area contributed by atoms with Crippen molar-refractivity contribution in [1.82, 2.24) is 20.3 Å². The van der Waals surface area contributed by atoms with E-state index in [4.69, 9.17) is 6.42 Å². The van der Waals surface area contributed by atoms with Crippen molar-refractivity contribution in [2.45, 2.75) is 25.9 Å². The summed E-state index contributed by atoms with van der Waals surface area (Å²) in [5, 5.41) is 10.9. The second kappa shape index (κ2) is 4.63. The molecule has 0 radical (unpaired) electrons. The van der Waals surface area contributed by atoms with Crippen molar-refractivity contribution in [2.75, 3.05) is 0 Å². The Morgan fingerprint density at radius 1 is 1.77 bits per heavy atom. The zero-order chi connectivity index (χ0) is 9.68. The molecule has 0 fully saturated rings. The van der Waals surface area contributed by atoms with Crippen LogP contribution in [0.4, 0.5) is 0 Å². The zero-order valence-electron chi connectivity index (χ0n) is 7.99. The second-order valence-corrected chi connectivity index (χ2v) is 3.04. The number of rotatable bonds is 4. The van der Waals surface area contributed by atoms with Gasteiger partial charge < -0.3 is 5.32 Å². The van der Waals surface area contributed by atoms with Gasteiger partial charge in [-0.3, -0.25) is 4.68 Å². The van der Waals surface area contributed by atoms with E-state index in [1.54, 1.807) is 10.9 Å². The van der Waals surface area contributed by atoms with Crippen LogP contribution < -0.4 is 5.32 Å². The Kier molecular flexibility index (Phi) is 3.47. The smallest absolute Gasteiger partial charge is 0.0738 e. The van der Waals surface area contributed by atoms with Crippen molar-refractivity contribution in [3.05, 3.63) is 11.9 Å². The Morgan fingerprint density at radius 2 is 2.54 bits per heavy atom. The summed E-state index contributed by atoms with van der Waals surface area (Å²) in [6, 6.07) is 0.333. The molecule has 0 spiro atoms. The SMILES string of the molecule is C#CCC(C)NCc1cnnn1C. The Hall–Kier alpha value is -1.34.